The van der Waals surface area contributed by atoms with E-state index >= 15 is 0 Å². The summed E-state index contributed by atoms with van der Waals surface area (Å²) >= 11 is 0. The fraction of sp³-hybridized carbons (Fsp3) is 0.810. The minimum Gasteiger partial charge on any atom is -0.477 e. The summed E-state index contributed by atoms with van der Waals surface area (Å²) in [5.74, 6) is -0.192. The largest absolute Gasteiger partial charge is 0.477 e. The molecule has 150 valence electrons. The van der Waals surface area contributed by atoms with Gasteiger partial charge in [0.1, 0.15) is 0 Å². The Balaban J connectivity index is 2.36. The van der Waals surface area contributed by atoms with E-state index < -0.39 is 12.3 Å². The number of rotatable bonds is 14. The molecule has 1 rings (SSSR count). The van der Waals surface area contributed by atoms with Gasteiger partial charge in [-0.15, -0.1) is 0 Å². The van der Waals surface area contributed by atoms with E-state index in [1.54, 1.807) is 6.08 Å². The highest BCUT2D eigenvalue weighted by Gasteiger charge is 2.41. The first-order chi connectivity index (χ1) is 12.3. The van der Waals surface area contributed by atoms with Crippen molar-refractivity contribution in [3.63, 3.8) is 0 Å². The highest BCUT2D eigenvalue weighted by atomic mass is 16.6. The topological polar surface area (TPSA) is 83.8 Å². The van der Waals surface area contributed by atoms with E-state index in [0.29, 0.717) is 12.3 Å². The number of carbonyl (C=O) groups excluding carboxylic acids is 1. The zero-order valence-electron chi connectivity index (χ0n) is 16.6. The van der Waals surface area contributed by atoms with Crippen LogP contribution in [0.3, 0.4) is 0 Å². The zero-order valence-corrected chi connectivity index (χ0v) is 16.6. The number of unbranched alkanes of at least 4 members (excludes halogenated alkanes) is 3. The molecule has 1 aliphatic rings. The number of aliphatic carboxylic acids is 1. The van der Waals surface area contributed by atoms with Gasteiger partial charge in [-0.1, -0.05) is 65.4 Å². The second kappa shape index (κ2) is 11.5. The van der Waals surface area contributed by atoms with Crippen molar-refractivity contribution in [1.29, 1.82) is 0 Å². The lowest BCUT2D eigenvalue weighted by Gasteiger charge is -2.31. The Bertz CT molecular complexity index is 473. The van der Waals surface area contributed by atoms with Crippen LogP contribution in [0.1, 0.15) is 78.6 Å². The summed E-state index contributed by atoms with van der Waals surface area (Å²) in [6, 6.07) is 0. The van der Waals surface area contributed by atoms with Gasteiger partial charge < -0.3 is 14.9 Å². The predicted octanol–water partition coefficient (Wildman–Crippen LogP) is 4.33. The summed E-state index contributed by atoms with van der Waals surface area (Å²) in [5.41, 5.74) is -0.353. The van der Waals surface area contributed by atoms with Crippen LogP contribution < -0.4 is 0 Å². The van der Waals surface area contributed by atoms with Crippen LogP contribution in [0.15, 0.2) is 12.2 Å². The molecule has 26 heavy (non-hydrogen) atoms. The lowest BCUT2D eigenvalue weighted by atomic mass is 9.72. The molecule has 4 atom stereocenters. The Hall–Kier alpha value is -1.20. The third kappa shape index (κ3) is 7.20. The summed E-state index contributed by atoms with van der Waals surface area (Å²) in [4.78, 5) is 22.9. The molecular formula is C21H36O5. The maximum atomic E-state index is 12.4. The van der Waals surface area contributed by atoms with Gasteiger partial charge in [0.05, 0.1) is 6.61 Å². The first-order valence-corrected chi connectivity index (χ1v) is 10.1. The van der Waals surface area contributed by atoms with Crippen LogP contribution in [0.5, 0.6) is 0 Å². The predicted molar refractivity (Wildman–Crippen MR) is 102 cm³/mol. The Kier molecular flexibility index (Phi) is 10.1. The van der Waals surface area contributed by atoms with E-state index in [9.17, 15) is 9.59 Å². The SMILES string of the molecule is CCCCCC(C)CC[C@H]1C=CC(=O)[C@]1(C)CCCCOC(O)C(=O)O. The molecule has 0 aromatic carbocycles. The van der Waals surface area contributed by atoms with E-state index in [2.05, 4.69) is 26.8 Å². The smallest absolute Gasteiger partial charge is 0.360 e. The quantitative estimate of drug-likeness (QED) is 0.352. The molecule has 0 aliphatic heterocycles. The molecule has 0 fully saturated rings. The van der Waals surface area contributed by atoms with Gasteiger partial charge >= 0.3 is 5.97 Å². The van der Waals surface area contributed by atoms with Crippen molar-refractivity contribution in [2.75, 3.05) is 6.61 Å². The summed E-state index contributed by atoms with van der Waals surface area (Å²) in [7, 11) is 0. The number of carboxylic acid groups (broad SMARTS) is 1. The van der Waals surface area contributed by atoms with Gasteiger partial charge in [-0.05, 0) is 37.2 Å². The van der Waals surface area contributed by atoms with Crippen LogP contribution in [-0.4, -0.2) is 34.9 Å². The minimum absolute atomic E-state index is 0.185. The first kappa shape index (κ1) is 22.8. The number of aliphatic hydroxyl groups excluding tert-OH is 1. The number of carboxylic acids is 1. The van der Waals surface area contributed by atoms with Crippen LogP contribution in [0.4, 0.5) is 0 Å². The van der Waals surface area contributed by atoms with Crippen molar-refractivity contribution < 1.29 is 24.5 Å². The number of hydrogen-bond donors (Lipinski definition) is 2. The second-order valence-corrected chi connectivity index (χ2v) is 7.94. The molecule has 5 heteroatoms. The molecule has 0 spiro atoms. The molecule has 0 saturated carbocycles. The van der Waals surface area contributed by atoms with Crippen molar-refractivity contribution in [1.82, 2.24) is 0 Å². The van der Waals surface area contributed by atoms with Gasteiger partial charge in [0.2, 0.25) is 0 Å². The van der Waals surface area contributed by atoms with E-state index in [1.807, 2.05) is 0 Å². The highest BCUT2D eigenvalue weighted by Crippen LogP contribution is 2.43. The summed E-state index contributed by atoms with van der Waals surface area (Å²) in [6.07, 6.45) is 11.5. The number of ether oxygens (including phenoxy) is 1. The third-order valence-corrected chi connectivity index (χ3v) is 5.71. The van der Waals surface area contributed by atoms with Crippen molar-refractivity contribution in [2.45, 2.75) is 84.8 Å². The number of aliphatic hydroxyl groups is 1. The van der Waals surface area contributed by atoms with Gasteiger partial charge in [-0.2, -0.15) is 0 Å². The van der Waals surface area contributed by atoms with E-state index in [0.717, 1.165) is 25.7 Å². The normalized spacial score (nSPS) is 24.8. The van der Waals surface area contributed by atoms with Gasteiger partial charge in [0.15, 0.2) is 5.78 Å². The molecule has 0 aromatic rings. The molecule has 2 N–H and O–H groups in total. The van der Waals surface area contributed by atoms with Crippen LogP contribution in [0, 0.1) is 17.3 Å². The monoisotopic (exact) mass is 368 g/mol. The van der Waals surface area contributed by atoms with Gasteiger partial charge in [-0.3, -0.25) is 4.79 Å². The number of ketones is 1. The molecule has 0 heterocycles. The minimum atomic E-state index is -1.76. The van der Waals surface area contributed by atoms with E-state index in [4.69, 9.17) is 14.9 Å². The zero-order chi connectivity index (χ0) is 19.6. The lowest BCUT2D eigenvalue weighted by Crippen LogP contribution is -2.30. The summed E-state index contributed by atoms with van der Waals surface area (Å²) in [6.45, 7) is 6.76. The van der Waals surface area contributed by atoms with Crippen LogP contribution in [0.2, 0.25) is 0 Å². The average molecular weight is 369 g/mol. The van der Waals surface area contributed by atoms with E-state index in [1.165, 1.54) is 25.7 Å². The molecule has 0 bridgehead atoms. The second-order valence-electron chi connectivity index (χ2n) is 7.94. The Labute approximate surface area is 157 Å². The third-order valence-electron chi connectivity index (χ3n) is 5.71. The standard InChI is InChI=1S/C21H36O5/c1-4-5-6-9-16(2)10-11-17-12-13-18(22)21(17,3)14-7-8-15-26-20(25)19(23)24/h12-13,16-17,20,25H,4-11,14-15H2,1-3H3,(H,23,24)/t16?,17-,20?,21+/m0/s1. The molecule has 0 saturated heterocycles. The van der Waals surface area contributed by atoms with Crippen molar-refractivity contribution in [3.8, 4) is 0 Å². The summed E-state index contributed by atoms with van der Waals surface area (Å²) in [5, 5.41) is 17.7. The molecule has 0 radical (unpaired) electrons. The van der Waals surface area contributed by atoms with Crippen molar-refractivity contribution >= 4 is 11.8 Å². The van der Waals surface area contributed by atoms with Crippen LogP contribution in [0.25, 0.3) is 0 Å². The Morgan fingerprint density at radius 1 is 1.27 bits per heavy atom. The summed E-state index contributed by atoms with van der Waals surface area (Å²) < 4.78 is 4.84. The molecule has 0 aromatic heterocycles. The number of allylic oxidation sites excluding steroid dienone is 2. The Morgan fingerprint density at radius 2 is 2.00 bits per heavy atom. The fourth-order valence-electron chi connectivity index (χ4n) is 3.72. The molecule has 2 unspecified atom stereocenters. The molecule has 5 nitrogen and oxygen atoms in total. The van der Waals surface area contributed by atoms with Gasteiger partial charge in [0.25, 0.3) is 6.29 Å². The first-order valence-electron chi connectivity index (χ1n) is 10.1. The molecule has 0 amide bonds. The van der Waals surface area contributed by atoms with E-state index in [-0.39, 0.29) is 23.7 Å². The fourth-order valence-corrected chi connectivity index (χ4v) is 3.72. The van der Waals surface area contributed by atoms with Gasteiger partial charge in [0, 0.05) is 5.41 Å². The average Bonchev–Trinajstić information content (AvgIpc) is 2.87. The Morgan fingerprint density at radius 3 is 2.65 bits per heavy atom. The number of hydrogen-bond acceptors (Lipinski definition) is 4. The number of carbonyl (C=O) groups is 2. The van der Waals surface area contributed by atoms with Crippen LogP contribution in [-0.2, 0) is 14.3 Å². The lowest BCUT2D eigenvalue weighted by molar-refractivity contribution is -0.176. The van der Waals surface area contributed by atoms with Crippen LogP contribution >= 0.6 is 0 Å². The van der Waals surface area contributed by atoms with Gasteiger partial charge in [-0.25, -0.2) is 4.79 Å². The van der Waals surface area contributed by atoms with Crippen molar-refractivity contribution in [3.05, 3.63) is 12.2 Å². The maximum Gasteiger partial charge on any atom is 0.360 e. The van der Waals surface area contributed by atoms with Crippen molar-refractivity contribution in [2.24, 2.45) is 17.3 Å². The molecular weight excluding hydrogens is 332 g/mol. The molecule has 1 aliphatic carbocycles. The highest BCUT2D eigenvalue weighted by molar-refractivity contribution is 5.97. The maximum absolute atomic E-state index is 12.4.